The number of carbonyl (C=O) groups is 2. The molecule has 0 spiro atoms. The van der Waals surface area contributed by atoms with Gasteiger partial charge in [0.05, 0.1) is 46.1 Å². The fourth-order valence-corrected chi connectivity index (χ4v) is 3.34. The van der Waals surface area contributed by atoms with Crippen molar-refractivity contribution in [2.45, 2.75) is 19.9 Å². The first-order valence-electron chi connectivity index (χ1n) is 7.72. The van der Waals surface area contributed by atoms with E-state index in [4.69, 9.17) is 23.7 Å². The first kappa shape index (κ1) is 21.9. The summed E-state index contributed by atoms with van der Waals surface area (Å²) in [4.78, 5) is 25.5. The Kier molecular flexibility index (Phi) is 8.01. The number of rotatable bonds is 6. The molecule has 0 aromatic heterocycles. The van der Waals surface area contributed by atoms with Gasteiger partial charge in [0.15, 0.2) is 11.5 Å². The standard InChI is InChI=1S/C17H24BrNO7/c1-9(2)13(19(16(20)25-6)17(21)26-7)10-8-11(22-3)14(23-4)15(24-5)12(10)18/h8-9,13H,1-7H3/t13-/m0/s1. The van der Waals surface area contributed by atoms with E-state index in [0.29, 0.717) is 27.3 Å². The number of ether oxygens (including phenoxy) is 5. The lowest BCUT2D eigenvalue weighted by atomic mass is 9.94. The van der Waals surface area contributed by atoms with Crippen molar-refractivity contribution >= 4 is 28.1 Å². The van der Waals surface area contributed by atoms with Crippen molar-refractivity contribution in [2.24, 2.45) is 5.92 Å². The number of halogens is 1. The largest absolute Gasteiger partial charge is 0.493 e. The maximum Gasteiger partial charge on any atom is 0.419 e. The number of hydrogen-bond acceptors (Lipinski definition) is 7. The molecule has 1 aromatic carbocycles. The Morgan fingerprint density at radius 3 is 1.77 bits per heavy atom. The Bertz CT molecular complexity index is 647. The summed E-state index contributed by atoms with van der Waals surface area (Å²) in [6.07, 6.45) is -1.67. The number of benzene rings is 1. The Balaban J connectivity index is 3.73. The second kappa shape index (κ2) is 9.51. The summed E-state index contributed by atoms with van der Waals surface area (Å²) in [5.41, 5.74) is 0.574. The van der Waals surface area contributed by atoms with Gasteiger partial charge in [0.2, 0.25) is 5.75 Å². The third kappa shape index (κ3) is 4.14. The molecule has 1 aromatic rings. The molecule has 146 valence electrons. The SMILES string of the molecule is COC(=O)N(C(=O)OC)[C@H](c1cc(OC)c(OC)c(OC)c1Br)C(C)C. The zero-order valence-electron chi connectivity index (χ0n) is 15.9. The first-order valence-corrected chi connectivity index (χ1v) is 8.51. The molecule has 0 saturated carbocycles. The second-order valence-corrected chi connectivity index (χ2v) is 6.34. The highest BCUT2D eigenvalue weighted by atomic mass is 79.9. The van der Waals surface area contributed by atoms with Gasteiger partial charge in [-0.3, -0.25) is 0 Å². The van der Waals surface area contributed by atoms with Gasteiger partial charge in [0.1, 0.15) is 0 Å². The molecule has 1 atom stereocenters. The van der Waals surface area contributed by atoms with Crippen LogP contribution in [0.5, 0.6) is 17.2 Å². The molecule has 0 aliphatic rings. The number of methoxy groups -OCH3 is 5. The Morgan fingerprint density at radius 1 is 0.923 bits per heavy atom. The van der Waals surface area contributed by atoms with E-state index in [1.165, 1.54) is 35.5 Å². The summed E-state index contributed by atoms with van der Waals surface area (Å²) in [6.45, 7) is 3.72. The van der Waals surface area contributed by atoms with Crippen molar-refractivity contribution in [3.63, 3.8) is 0 Å². The van der Waals surface area contributed by atoms with Crippen LogP contribution in [-0.2, 0) is 9.47 Å². The molecule has 0 fully saturated rings. The molecule has 0 radical (unpaired) electrons. The smallest absolute Gasteiger partial charge is 0.419 e. The van der Waals surface area contributed by atoms with Crippen LogP contribution in [0.2, 0.25) is 0 Å². The first-order chi connectivity index (χ1) is 12.3. The van der Waals surface area contributed by atoms with Gasteiger partial charge in [-0.25, -0.2) is 14.5 Å². The lowest BCUT2D eigenvalue weighted by molar-refractivity contribution is 0.0731. The summed E-state index contributed by atoms with van der Waals surface area (Å²) < 4.78 is 26.2. The van der Waals surface area contributed by atoms with Crippen molar-refractivity contribution < 1.29 is 33.3 Å². The van der Waals surface area contributed by atoms with Crippen LogP contribution < -0.4 is 14.2 Å². The fraction of sp³-hybridized carbons (Fsp3) is 0.529. The normalized spacial score (nSPS) is 11.6. The van der Waals surface area contributed by atoms with E-state index >= 15 is 0 Å². The van der Waals surface area contributed by atoms with E-state index in [1.54, 1.807) is 6.07 Å². The summed E-state index contributed by atoms with van der Waals surface area (Å²) in [7, 11) is 6.84. The number of hydrogen-bond donors (Lipinski definition) is 0. The highest BCUT2D eigenvalue weighted by Crippen LogP contribution is 2.48. The lowest BCUT2D eigenvalue weighted by Gasteiger charge is -2.32. The molecule has 0 heterocycles. The number of carbonyl (C=O) groups excluding carboxylic acids is 2. The minimum atomic E-state index is -0.837. The molecule has 8 nitrogen and oxygen atoms in total. The summed E-state index contributed by atoms with van der Waals surface area (Å²) >= 11 is 3.48. The van der Waals surface area contributed by atoms with Crippen molar-refractivity contribution in [1.82, 2.24) is 4.90 Å². The van der Waals surface area contributed by atoms with Gasteiger partial charge in [-0.2, -0.15) is 0 Å². The molecule has 0 bridgehead atoms. The highest BCUT2D eigenvalue weighted by Gasteiger charge is 2.37. The number of imide groups is 1. The molecule has 0 N–H and O–H groups in total. The monoisotopic (exact) mass is 433 g/mol. The Morgan fingerprint density at radius 2 is 1.42 bits per heavy atom. The summed E-state index contributed by atoms with van der Waals surface area (Å²) in [5, 5.41) is 0. The van der Waals surface area contributed by atoms with Gasteiger partial charge >= 0.3 is 12.2 Å². The van der Waals surface area contributed by atoms with Gasteiger partial charge in [-0.15, -0.1) is 0 Å². The third-order valence-corrected chi connectivity index (χ3v) is 4.59. The van der Waals surface area contributed by atoms with Crippen molar-refractivity contribution in [1.29, 1.82) is 0 Å². The van der Waals surface area contributed by atoms with Gasteiger partial charge in [0.25, 0.3) is 0 Å². The molecule has 0 unspecified atom stereocenters. The molecule has 0 aliphatic heterocycles. The van der Waals surface area contributed by atoms with E-state index in [1.807, 2.05) is 13.8 Å². The highest BCUT2D eigenvalue weighted by molar-refractivity contribution is 9.10. The Hall–Kier alpha value is -2.16. The molecule has 2 amide bonds. The number of nitrogens with zero attached hydrogens (tertiary/aromatic N) is 1. The van der Waals surface area contributed by atoms with Crippen LogP contribution >= 0.6 is 15.9 Å². The minimum Gasteiger partial charge on any atom is -0.493 e. The van der Waals surface area contributed by atoms with E-state index in [-0.39, 0.29) is 5.92 Å². The van der Waals surface area contributed by atoms with Gasteiger partial charge in [0, 0.05) is 0 Å². The van der Waals surface area contributed by atoms with E-state index < -0.39 is 18.2 Å². The summed E-state index contributed by atoms with van der Waals surface area (Å²) in [5.74, 6) is 0.980. The van der Waals surface area contributed by atoms with Crippen LogP contribution in [0.25, 0.3) is 0 Å². The van der Waals surface area contributed by atoms with E-state index in [2.05, 4.69) is 15.9 Å². The lowest BCUT2D eigenvalue weighted by Crippen LogP contribution is -2.42. The zero-order chi connectivity index (χ0) is 20.0. The van der Waals surface area contributed by atoms with Gasteiger partial charge < -0.3 is 23.7 Å². The van der Waals surface area contributed by atoms with E-state index in [9.17, 15) is 9.59 Å². The van der Waals surface area contributed by atoms with Crippen molar-refractivity contribution in [3.05, 3.63) is 16.1 Å². The van der Waals surface area contributed by atoms with Crippen LogP contribution in [0.3, 0.4) is 0 Å². The van der Waals surface area contributed by atoms with Crippen LogP contribution in [0.1, 0.15) is 25.5 Å². The third-order valence-electron chi connectivity index (χ3n) is 3.77. The molecular weight excluding hydrogens is 410 g/mol. The maximum atomic E-state index is 12.3. The Labute approximate surface area is 161 Å². The molecule has 26 heavy (non-hydrogen) atoms. The molecule has 0 saturated heterocycles. The zero-order valence-corrected chi connectivity index (χ0v) is 17.5. The van der Waals surface area contributed by atoms with Gasteiger partial charge in [-0.1, -0.05) is 13.8 Å². The quantitative estimate of drug-likeness (QED) is 0.669. The summed E-state index contributed by atoms with van der Waals surface area (Å²) in [6, 6.07) is 0.965. The predicted octanol–water partition coefficient (Wildman–Crippen LogP) is 4.01. The molecule has 9 heteroatoms. The molecular formula is C17H24BrNO7. The predicted molar refractivity (Wildman–Crippen MR) is 98.0 cm³/mol. The fourth-order valence-electron chi connectivity index (χ4n) is 2.65. The average Bonchev–Trinajstić information content (AvgIpc) is 2.64. The van der Waals surface area contributed by atoms with Crippen LogP contribution in [0.4, 0.5) is 9.59 Å². The van der Waals surface area contributed by atoms with Gasteiger partial charge in [-0.05, 0) is 33.5 Å². The van der Waals surface area contributed by atoms with Crippen LogP contribution in [0.15, 0.2) is 10.5 Å². The average molecular weight is 434 g/mol. The maximum absolute atomic E-state index is 12.3. The van der Waals surface area contributed by atoms with Crippen molar-refractivity contribution in [2.75, 3.05) is 35.5 Å². The van der Waals surface area contributed by atoms with Crippen LogP contribution in [0, 0.1) is 5.92 Å². The number of amides is 2. The topological polar surface area (TPSA) is 83.5 Å². The van der Waals surface area contributed by atoms with E-state index in [0.717, 1.165) is 4.90 Å². The molecule has 1 rings (SSSR count). The second-order valence-electron chi connectivity index (χ2n) is 5.55. The minimum absolute atomic E-state index is 0.174. The van der Waals surface area contributed by atoms with Crippen molar-refractivity contribution in [3.8, 4) is 17.2 Å². The molecule has 0 aliphatic carbocycles. The van der Waals surface area contributed by atoms with Crippen LogP contribution in [-0.4, -0.2) is 52.6 Å².